The summed E-state index contributed by atoms with van der Waals surface area (Å²) in [5, 5.41) is 0. The summed E-state index contributed by atoms with van der Waals surface area (Å²) in [5.41, 5.74) is 0.991. The molecule has 1 aliphatic heterocycles. The third kappa shape index (κ3) is 3.26. The first-order valence-electron chi connectivity index (χ1n) is 7.51. The molecule has 1 aromatic carbocycles. The minimum absolute atomic E-state index is 0.0246. The molecule has 0 bridgehead atoms. The van der Waals surface area contributed by atoms with Crippen molar-refractivity contribution < 1.29 is 14.0 Å². The lowest BCUT2D eigenvalue weighted by Crippen LogP contribution is -2.50. The second-order valence-electron chi connectivity index (χ2n) is 5.66. The fraction of sp³-hybridized carbons (Fsp3) is 0.294. The van der Waals surface area contributed by atoms with Gasteiger partial charge in [0.2, 0.25) is 0 Å². The fourth-order valence-electron chi connectivity index (χ4n) is 2.73. The zero-order valence-corrected chi connectivity index (χ0v) is 12.9. The van der Waals surface area contributed by atoms with Crippen LogP contribution in [0.1, 0.15) is 20.7 Å². The van der Waals surface area contributed by atoms with E-state index in [1.54, 1.807) is 28.1 Å². The first-order valence-corrected chi connectivity index (χ1v) is 7.51. The van der Waals surface area contributed by atoms with Crippen molar-refractivity contribution in [1.82, 2.24) is 14.4 Å². The number of carbonyl (C=O) groups excluding carboxylic acids is 2. The van der Waals surface area contributed by atoms with Crippen molar-refractivity contribution in [3.63, 3.8) is 0 Å². The first-order chi connectivity index (χ1) is 11.0. The Morgan fingerprint density at radius 1 is 0.957 bits per heavy atom. The second kappa shape index (κ2) is 6.24. The predicted molar refractivity (Wildman–Crippen MR) is 83.6 cm³/mol. The molecule has 2 heterocycles. The fourth-order valence-corrected chi connectivity index (χ4v) is 2.73. The van der Waals surface area contributed by atoms with Crippen molar-refractivity contribution in [1.29, 1.82) is 0 Å². The van der Waals surface area contributed by atoms with Gasteiger partial charge < -0.3 is 14.4 Å². The Labute approximate surface area is 133 Å². The number of halogens is 1. The lowest BCUT2D eigenvalue weighted by Gasteiger charge is -2.34. The number of aromatic nitrogens is 1. The summed E-state index contributed by atoms with van der Waals surface area (Å²) in [4.78, 5) is 28.1. The zero-order chi connectivity index (χ0) is 16.4. The molecule has 6 heteroatoms. The van der Waals surface area contributed by atoms with E-state index in [-0.39, 0.29) is 11.8 Å². The average Bonchev–Trinajstić information content (AvgIpc) is 3.00. The number of hydrogen-bond acceptors (Lipinski definition) is 2. The summed E-state index contributed by atoms with van der Waals surface area (Å²) in [6, 6.07) is 7.47. The van der Waals surface area contributed by atoms with E-state index in [4.69, 9.17) is 0 Å². The molecule has 0 radical (unpaired) electrons. The van der Waals surface area contributed by atoms with E-state index in [0.29, 0.717) is 37.3 Å². The minimum atomic E-state index is -0.422. The molecule has 1 saturated heterocycles. The molecular formula is C17H18FN3O2. The van der Waals surface area contributed by atoms with Gasteiger partial charge in [-0.1, -0.05) is 6.07 Å². The standard InChI is InChI=1S/C17H18FN3O2/c1-19-6-5-14(12-19)17(23)21-9-7-20(8-10-21)16(22)13-3-2-4-15(18)11-13/h2-6,11-12H,7-10H2,1H3. The van der Waals surface area contributed by atoms with Crippen LogP contribution in [0.15, 0.2) is 42.7 Å². The summed E-state index contributed by atoms with van der Waals surface area (Å²) in [7, 11) is 1.87. The molecule has 23 heavy (non-hydrogen) atoms. The Kier molecular flexibility index (Phi) is 4.14. The van der Waals surface area contributed by atoms with E-state index >= 15 is 0 Å². The Bertz CT molecular complexity index is 733. The average molecular weight is 315 g/mol. The van der Waals surface area contributed by atoms with Gasteiger partial charge in [-0.15, -0.1) is 0 Å². The second-order valence-corrected chi connectivity index (χ2v) is 5.66. The van der Waals surface area contributed by atoms with Gasteiger partial charge >= 0.3 is 0 Å². The maximum absolute atomic E-state index is 13.2. The molecule has 1 aliphatic rings. The topological polar surface area (TPSA) is 45.6 Å². The van der Waals surface area contributed by atoms with Crippen LogP contribution in [-0.4, -0.2) is 52.4 Å². The monoisotopic (exact) mass is 315 g/mol. The van der Waals surface area contributed by atoms with Crippen LogP contribution in [0.5, 0.6) is 0 Å². The predicted octanol–water partition coefficient (Wildman–Crippen LogP) is 1.76. The van der Waals surface area contributed by atoms with Crippen LogP contribution in [0.2, 0.25) is 0 Å². The van der Waals surface area contributed by atoms with Gasteiger partial charge in [-0.05, 0) is 24.3 Å². The zero-order valence-electron chi connectivity index (χ0n) is 12.9. The Balaban J connectivity index is 1.62. The van der Waals surface area contributed by atoms with Crippen LogP contribution in [0.3, 0.4) is 0 Å². The van der Waals surface area contributed by atoms with E-state index in [1.165, 1.54) is 18.2 Å². The Morgan fingerprint density at radius 3 is 2.09 bits per heavy atom. The molecule has 3 rings (SSSR count). The molecule has 1 fully saturated rings. The largest absolute Gasteiger partial charge is 0.356 e. The summed E-state index contributed by atoms with van der Waals surface area (Å²) >= 11 is 0. The highest BCUT2D eigenvalue weighted by Crippen LogP contribution is 2.13. The van der Waals surface area contributed by atoms with E-state index in [1.807, 2.05) is 17.8 Å². The third-order valence-corrected chi connectivity index (χ3v) is 4.00. The molecule has 2 aromatic rings. The van der Waals surface area contributed by atoms with Crippen molar-refractivity contribution in [2.45, 2.75) is 0 Å². The molecule has 0 unspecified atom stereocenters. The number of hydrogen-bond donors (Lipinski definition) is 0. The van der Waals surface area contributed by atoms with Gasteiger partial charge in [0.15, 0.2) is 0 Å². The van der Waals surface area contributed by atoms with Crippen LogP contribution in [0.25, 0.3) is 0 Å². The van der Waals surface area contributed by atoms with Gasteiger partial charge in [0.05, 0.1) is 5.56 Å². The van der Waals surface area contributed by atoms with E-state index in [0.717, 1.165) is 0 Å². The molecule has 0 atom stereocenters. The Hall–Kier alpha value is -2.63. The quantitative estimate of drug-likeness (QED) is 0.848. The molecular weight excluding hydrogens is 297 g/mol. The summed E-state index contributed by atoms with van der Waals surface area (Å²) < 4.78 is 15.1. The first kappa shape index (κ1) is 15.3. The number of aryl methyl sites for hydroxylation is 1. The molecule has 120 valence electrons. The third-order valence-electron chi connectivity index (χ3n) is 4.00. The molecule has 0 aliphatic carbocycles. The number of amides is 2. The lowest BCUT2D eigenvalue weighted by molar-refractivity contribution is 0.0535. The van der Waals surface area contributed by atoms with Crippen molar-refractivity contribution >= 4 is 11.8 Å². The van der Waals surface area contributed by atoms with Crippen LogP contribution in [-0.2, 0) is 7.05 Å². The molecule has 0 saturated carbocycles. The molecule has 1 aromatic heterocycles. The highest BCUT2D eigenvalue weighted by molar-refractivity contribution is 5.95. The smallest absolute Gasteiger partial charge is 0.255 e. The maximum Gasteiger partial charge on any atom is 0.255 e. The number of rotatable bonds is 2. The number of carbonyl (C=O) groups is 2. The highest BCUT2D eigenvalue weighted by atomic mass is 19.1. The van der Waals surface area contributed by atoms with Crippen molar-refractivity contribution in [3.05, 3.63) is 59.7 Å². The molecule has 2 amide bonds. The number of benzene rings is 1. The van der Waals surface area contributed by atoms with Crippen molar-refractivity contribution in [2.75, 3.05) is 26.2 Å². The summed E-state index contributed by atoms with van der Waals surface area (Å²) in [6.07, 6.45) is 3.61. The SMILES string of the molecule is Cn1ccc(C(=O)N2CCN(C(=O)c3cccc(F)c3)CC2)c1. The van der Waals surface area contributed by atoms with E-state index in [9.17, 15) is 14.0 Å². The molecule has 0 N–H and O–H groups in total. The molecule has 0 spiro atoms. The van der Waals surface area contributed by atoms with Gasteiger partial charge in [-0.3, -0.25) is 9.59 Å². The highest BCUT2D eigenvalue weighted by Gasteiger charge is 2.25. The van der Waals surface area contributed by atoms with Crippen LogP contribution in [0, 0.1) is 5.82 Å². The Morgan fingerprint density at radius 2 is 1.57 bits per heavy atom. The van der Waals surface area contributed by atoms with E-state index in [2.05, 4.69) is 0 Å². The number of nitrogens with zero attached hydrogens (tertiary/aromatic N) is 3. The number of piperazine rings is 1. The van der Waals surface area contributed by atoms with E-state index < -0.39 is 5.82 Å². The molecule has 5 nitrogen and oxygen atoms in total. The normalized spacial score (nSPS) is 14.9. The van der Waals surface area contributed by atoms with Crippen LogP contribution < -0.4 is 0 Å². The maximum atomic E-state index is 13.2. The van der Waals surface area contributed by atoms with Crippen LogP contribution in [0.4, 0.5) is 4.39 Å². The van der Waals surface area contributed by atoms with Gasteiger partial charge in [-0.25, -0.2) is 4.39 Å². The lowest BCUT2D eigenvalue weighted by atomic mass is 10.1. The van der Waals surface area contributed by atoms with Crippen LogP contribution >= 0.6 is 0 Å². The van der Waals surface area contributed by atoms with Gasteiger partial charge in [-0.2, -0.15) is 0 Å². The summed E-state index contributed by atoms with van der Waals surface area (Å²) in [6.45, 7) is 1.87. The van der Waals surface area contributed by atoms with Gasteiger partial charge in [0, 0.05) is 51.2 Å². The minimum Gasteiger partial charge on any atom is -0.356 e. The van der Waals surface area contributed by atoms with Gasteiger partial charge in [0.1, 0.15) is 5.82 Å². The van der Waals surface area contributed by atoms with Crippen molar-refractivity contribution in [2.24, 2.45) is 7.05 Å². The summed E-state index contributed by atoms with van der Waals surface area (Å²) in [5.74, 6) is -0.645. The van der Waals surface area contributed by atoms with Crippen molar-refractivity contribution in [3.8, 4) is 0 Å². The van der Waals surface area contributed by atoms with Gasteiger partial charge in [0.25, 0.3) is 11.8 Å².